The van der Waals surface area contributed by atoms with Crippen molar-refractivity contribution in [1.29, 1.82) is 0 Å². The molecule has 11 nitrogen and oxygen atoms in total. The van der Waals surface area contributed by atoms with Gasteiger partial charge < -0.3 is 34.2 Å². The first-order valence-electron chi connectivity index (χ1n) is 12.1. The molecule has 1 aliphatic rings. The molecule has 2 heterocycles. The Hall–Kier alpha value is -3.86. The van der Waals surface area contributed by atoms with Gasteiger partial charge in [-0.05, 0) is 62.0 Å². The second kappa shape index (κ2) is 10.6. The quantitative estimate of drug-likeness (QED) is 0.413. The molecule has 1 amide bonds. The Labute approximate surface area is 216 Å². The largest absolute Gasteiger partial charge is 0.479 e. The van der Waals surface area contributed by atoms with Crippen LogP contribution >= 0.6 is 0 Å². The predicted octanol–water partition coefficient (Wildman–Crippen LogP) is 4.03. The van der Waals surface area contributed by atoms with E-state index in [4.69, 9.17) is 18.6 Å². The van der Waals surface area contributed by atoms with Crippen LogP contribution in [0.2, 0.25) is 0 Å². The number of methoxy groups -OCH3 is 2. The molecular formula is C26H34N6O5. The lowest BCUT2D eigenvalue weighted by Gasteiger charge is -2.20. The highest BCUT2D eigenvalue weighted by Gasteiger charge is 2.31. The number of anilines is 2. The zero-order valence-corrected chi connectivity index (χ0v) is 22.4. The fourth-order valence-corrected chi connectivity index (χ4v) is 4.25. The molecule has 0 saturated heterocycles. The third-order valence-electron chi connectivity index (χ3n) is 6.37. The smallest absolute Gasteiger partial charge is 0.399 e. The average Bonchev–Trinajstić information content (AvgIpc) is 3.43. The molecule has 0 aliphatic heterocycles. The first-order chi connectivity index (χ1) is 17.6. The number of rotatable bonds is 10. The highest BCUT2D eigenvalue weighted by Crippen LogP contribution is 2.42. The van der Waals surface area contributed by atoms with E-state index in [9.17, 15) is 4.79 Å². The molecule has 37 heavy (non-hydrogen) atoms. The van der Waals surface area contributed by atoms with Gasteiger partial charge in [0, 0.05) is 13.1 Å². The molecule has 0 unspecified atom stereocenters. The molecule has 198 valence electrons. The molecule has 11 heteroatoms. The zero-order valence-electron chi connectivity index (χ0n) is 22.4. The summed E-state index contributed by atoms with van der Waals surface area (Å²) in [6, 6.07) is 4.19. The molecule has 0 bridgehead atoms. The first kappa shape index (κ1) is 26.2. The maximum Gasteiger partial charge on any atom is 0.399 e. The van der Waals surface area contributed by atoms with Crippen LogP contribution in [0.5, 0.6) is 23.6 Å². The van der Waals surface area contributed by atoms with Crippen LogP contribution in [-0.4, -0.2) is 67.2 Å². The molecule has 2 aromatic heterocycles. The van der Waals surface area contributed by atoms with Crippen LogP contribution in [0.15, 0.2) is 22.8 Å². The lowest BCUT2D eigenvalue weighted by atomic mass is 9.86. The van der Waals surface area contributed by atoms with Crippen LogP contribution in [0, 0.1) is 6.92 Å². The number of ether oxygens (including phenoxy) is 3. The maximum atomic E-state index is 13.0. The number of amides is 1. The van der Waals surface area contributed by atoms with Crippen molar-refractivity contribution in [2.45, 2.75) is 39.0 Å². The van der Waals surface area contributed by atoms with Gasteiger partial charge in [-0.3, -0.25) is 4.79 Å². The molecular weight excluding hydrogens is 476 g/mol. The summed E-state index contributed by atoms with van der Waals surface area (Å²) in [4.78, 5) is 27.9. The normalized spacial score (nSPS) is 13.8. The van der Waals surface area contributed by atoms with Gasteiger partial charge >= 0.3 is 6.08 Å². The summed E-state index contributed by atoms with van der Waals surface area (Å²) in [5, 5.41) is 5.81. The fourth-order valence-electron chi connectivity index (χ4n) is 4.25. The minimum Gasteiger partial charge on any atom is -0.479 e. The third kappa shape index (κ3) is 5.77. The number of carbonyl (C=O) groups excluding carboxylic acids is 1. The van der Waals surface area contributed by atoms with Crippen LogP contribution in [0.25, 0.3) is 0 Å². The lowest BCUT2D eigenvalue weighted by molar-refractivity contribution is 0.102. The van der Waals surface area contributed by atoms with Gasteiger partial charge in [0.1, 0.15) is 12.0 Å². The summed E-state index contributed by atoms with van der Waals surface area (Å²) in [5.74, 6) is 0.696. The highest BCUT2D eigenvalue weighted by atomic mass is 16.6. The van der Waals surface area contributed by atoms with E-state index in [-0.39, 0.29) is 34.6 Å². The molecule has 2 N–H and O–H groups in total. The van der Waals surface area contributed by atoms with E-state index < -0.39 is 5.91 Å². The lowest BCUT2D eigenvalue weighted by Crippen LogP contribution is -2.22. The monoisotopic (exact) mass is 510 g/mol. The van der Waals surface area contributed by atoms with Crippen molar-refractivity contribution >= 4 is 17.5 Å². The van der Waals surface area contributed by atoms with E-state index in [0.717, 1.165) is 24.9 Å². The SMILES string of the molecule is COc1nc(NCCN(C)C)nc(OC)c1NC(=O)c1coc(Oc2cc3c(cc2C)CCC3(C)C)n1. The Bertz CT molecular complexity index is 1260. The molecule has 0 fully saturated rings. The summed E-state index contributed by atoms with van der Waals surface area (Å²) in [7, 11) is 6.83. The second-order valence-corrected chi connectivity index (χ2v) is 9.88. The number of hydrogen-bond donors (Lipinski definition) is 2. The molecule has 0 saturated carbocycles. The molecule has 3 aromatic rings. The summed E-state index contributed by atoms with van der Waals surface area (Å²) in [6.07, 6.45) is 3.35. The van der Waals surface area contributed by atoms with E-state index in [0.29, 0.717) is 18.2 Å². The molecule has 0 spiro atoms. The molecule has 1 aromatic carbocycles. The van der Waals surface area contributed by atoms with E-state index in [2.05, 4.69) is 45.5 Å². The van der Waals surface area contributed by atoms with E-state index >= 15 is 0 Å². The van der Waals surface area contributed by atoms with Gasteiger partial charge in [-0.2, -0.15) is 15.0 Å². The number of carbonyl (C=O) groups is 1. The predicted molar refractivity (Wildman–Crippen MR) is 139 cm³/mol. The van der Waals surface area contributed by atoms with Crippen LogP contribution in [0.1, 0.15) is 47.4 Å². The zero-order chi connectivity index (χ0) is 26.7. The van der Waals surface area contributed by atoms with E-state index in [1.165, 1.54) is 31.6 Å². The number of aromatic nitrogens is 3. The van der Waals surface area contributed by atoms with Gasteiger partial charge in [0.15, 0.2) is 11.4 Å². The Balaban J connectivity index is 1.50. The van der Waals surface area contributed by atoms with Gasteiger partial charge in [0.2, 0.25) is 17.7 Å². The molecule has 0 atom stereocenters. The van der Waals surface area contributed by atoms with Crippen molar-refractivity contribution < 1.29 is 23.4 Å². The van der Waals surface area contributed by atoms with Gasteiger partial charge in [0.05, 0.1) is 14.2 Å². The van der Waals surface area contributed by atoms with Gasteiger partial charge in [-0.1, -0.05) is 19.9 Å². The average molecular weight is 511 g/mol. The van der Waals surface area contributed by atoms with Crippen molar-refractivity contribution in [3.05, 3.63) is 40.8 Å². The Morgan fingerprint density at radius 3 is 2.49 bits per heavy atom. The minimum absolute atomic E-state index is 0.0198. The third-order valence-corrected chi connectivity index (χ3v) is 6.37. The Morgan fingerprint density at radius 2 is 1.84 bits per heavy atom. The van der Waals surface area contributed by atoms with E-state index in [1.54, 1.807) is 0 Å². The summed E-state index contributed by atoms with van der Waals surface area (Å²) in [6.45, 7) is 7.84. The number of hydrogen-bond acceptors (Lipinski definition) is 10. The minimum atomic E-state index is -0.557. The van der Waals surface area contributed by atoms with Crippen molar-refractivity contribution in [3.63, 3.8) is 0 Å². The standard InChI is InChI=1S/C26H34N6O5/c1-15-12-16-8-9-26(2,3)17(16)13-19(15)37-25-28-18(14-36-25)21(33)29-20-22(34-6)30-24(31-23(20)35-7)27-10-11-32(4)5/h12-14H,8-11H2,1-7H3,(H,29,33)(H,27,30,31). The fraction of sp³-hybridized carbons (Fsp3) is 0.462. The van der Waals surface area contributed by atoms with Crippen molar-refractivity contribution in [2.75, 3.05) is 52.0 Å². The number of nitrogens with zero attached hydrogens (tertiary/aromatic N) is 4. The topological polar surface area (TPSA) is 124 Å². The summed E-state index contributed by atoms with van der Waals surface area (Å²) in [5.41, 5.74) is 3.86. The van der Waals surface area contributed by atoms with Crippen LogP contribution in [-0.2, 0) is 11.8 Å². The van der Waals surface area contributed by atoms with Crippen LogP contribution in [0.4, 0.5) is 11.6 Å². The Kier molecular flexibility index (Phi) is 7.53. The van der Waals surface area contributed by atoms with Gasteiger partial charge in [-0.25, -0.2) is 0 Å². The van der Waals surface area contributed by atoms with E-state index in [1.807, 2.05) is 32.0 Å². The van der Waals surface area contributed by atoms with Crippen molar-refractivity contribution in [1.82, 2.24) is 19.9 Å². The number of nitrogens with one attached hydrogen (secondary N) is 2. The number of likely N-dealkylation sites (N-methyl/N-ethyl adjacent to an activating group) is 1. The number of benzene rings is 1. The Morgan fingerprint density at radius 1 is 1.14 bits per heavy atom. The van der Waals surface area contributed by atoms with Crippen LogP contribution in [0.3, 0.4) is 0 Å². The summed E-state index contributed by atoms with van der Waals surface area (Å²) < 4.78 is 22.1. The number of aryl methyl sites for hydroxylation is 2. The van der Waals surface area contributed by atoms with Crippen molar-refractivity contribution in [2.24, 2.45) is 0 Å². The molecule has 1 aliphatic carbocycles. The van der Waals surface area contributed by atoms with Crippen LogP contribution < -0.4 is 24.8 Å². The van der Waals surface area contributed by atoms with Gasteiger partial charge in [0.25, 0.3) is 5.91 Å². The van der Waals surface area contributed by atoms with Crippen molar-refractivity contribution in [3.8, 4) is 23.6 Å². The number of fused-ring (bicyclic) bond motifs is 1. The highest BCUT2D eigenvalue weighted by molar-refractivity contribution is 6.04. The summed E-state index contributed by atoms with van der Waals surface area (Å²) >= 11 is 0. The molecule has 0 radical (unpaired) electrons. The maximum absolute atomic E-state index is 13.0. The first-order valence-corrected chi connectivity index (χ1v) is 12.1. The molecule has 4 rings (SSSR count). The van der Waals surface area contributed by atoms with Gasteiger partial charge in [-0.15, -0.1) is 0 Å². The second-order valence-electron chi connectivity index (χ2n) is 9.88. The number of oxazole rings is 1.